The fourth-order valence-corrected chi connectivity index (χ4v) is 2.94. The Morgan fingerprint density at radius 1 is 1.48 bits per heavy atom. The summed E-state index contributed by atoms with van der Waals surface area (Å²) in [7, 11) is -1.21. The number of aliphatic hydroxyl groups excluding tert-OH is 2. The first-order chi connectivity index (χ1) is 12.2. The Morgan fingerprint density at radius 2 is 2.32 bits per heavy atom. The van der Waals surface area contributed by atoms with Crippen LogP contribution in [-0.2, 0) is 14.3 Å². The number of hydrogen-bond acceptors (Lipinski definition) is 8. The lowest BCUT2D eigenvalue weighted by Crippen LogP contribution is -2.50. The molecule has 2 heterocycles. The van der Waals surface area contributed by atoms with E-state index in [1.165, 1.54) is 11.3 Å². The van der Waals surface area contributed by atoms with Crippen molar-refractivity contribution in [2.75, 3.05) is 19.8 Å². The highest BCUT2D eigenvalue weighted by atomic mass is 32.1. The maximum absolute atomic E-state index is 12.6. The van der Waals surface area contributed by atoms with Gasteiger partial charge in [0.05, 0.1) is 23.5 Å². The van der Waals surface area contributed by atoms with Crippen molar-refractivity contribution in [1.82, 2.24) is 5.32 Å². The van der Waals surface area contributed by atoms with Crippen LogP contribution in [0.4, 0.5) is 0 Å². The van der Waals surface area contributed by atoms with Crippen LogP contribution < -0.4 is 5.32 Å². The molecule has 10 heteroatoms. The highest BCUT2D eigenvalue weighted by Gasteiger charge is 2.33. The molecule has 1 amide bonds. The Morgan fingerprint density at radius 3 is 3.00 bits per heavy atom. The first-order valence-corrected chi connectivity index (χ1v) is 8.80. The van der Waals surface area contributed by atoms with Crippen molar-refractivity contribution in [2.24, 2.45) is 5.16 Å². The van der Waals surface area contributed by atoms with E-state index < -0.39 is 25.1 Å². The van der Waals surface area contributed by atoms with Gasteiger partial charge in [-0.25, -0.2) is 0 Å². The van der Waals surface area contributed by atoms with Gasteiger partial charge in [0.15, 0.2) is 5.71 Å². The fourth-order valence-electron chi connectivity index (χ4n) is 2.23. The highest BCUT2D eigenvalue weighted by Crippen LogP contribution is 2.14. The van der Waals surface area contributed by atoms with E-state index in [4.69, 9.17) is 19.7 Å². The number of carbonyl (C=O) groups is 1. The van der Waals surface area contributed by atoms with E-state index in [9.17, 15) is 9.82 Å². The summed E-state index contributed by atoms with van der Waals surface area (Å²) < 4.78 is 5.43. The molecule has 0 saturated carbocycles. The molecule has 0 spiro atoms. The summed E-state index contributed by atoms with van der Waals surface area (Å²) in [6.45, 7) is -0.298. The van der Waals surface area contributed by atoms with Gasteiger partial charge in [0.1, 0.15) is 6.61 Å². The van der Waals surface area contributed by atoms with E-state index in [1.807, 2.05) is 0 Å². The number of oxime groups is 1. The van der Waals surface area contributed by atoms with Crippen LogP contribution in [0.1, 0.15) is 17.7 Å². The summed E-state index contributed by atoms with van der Waals surface area (Å²) >= 11 is 1.32. The van der Waals surface area contributed by atoms with Gasteiger partial charge in [0.2, 0.25) is 0 Å². The number of rotatable bonds is 8. The molecule has 8 nitrogen and oxygen atoms in total. The second kappa shape index (κ2) is 10.3. The molecule has 2 atom stereocenters. The van der Waals surface area contributed by atoms with E-state index >= 15 is 0 Å². The molecule has 0 aromatic carbocycles. The smallest absolute Gasteiger partial charge is 0.426 e. The number of nitrogens with one attached hydrogen (secondary N) is 1. The molecule has 0 radical (unpaired) electrons. The van der Waals surface area contributed by atoms with Gasteiger partial charge in [-0.1, -0.05) is 23.4 Å². The van der Waals surface area contributed by atoms with Crippen molar-refractivity contribution >= 4 is 30.1 Å². The Labute approximate surface area is 149 Å². The van der Waals surface area contributed by atoms with E-state index in [0.29, 0.717) is 17.7 Å². The molecule has 0 fully saturated rings. The third-order valence-corrected chi connectivity index (χ3v) is 4.31. The minimum Gasteiger partial charge on any atom is -0.426 e. The van der Waals surface area contributed by atoms with E-state index in [-0.39, 0.29) is 25.5 Å². The Kier molecular flexibility index (Phi) is 8.09. The zero-order valence-corrected chi connectivity index (χ0v) is 14.4. The number of amides is 1. The summed E-state index contributed by atoms with van der Waals surface area (Å²) in [5.41, 5.74) is 0.0655. The van der Waals surface area contributed by atoms with Crippen LogP contribution >= 0.6 is 11.3 Å². The van der Waals surface area contributed by atoms with Crippen LogP contribution in [0.15, 0.2) is 34.8 Å². The minimum atomic E-state index is -1.21. The average Bonchev–Trinajstić information content (AvgIpc) is 3.06. The van der Waals surface area contributed by atoms with Gasteiger partial charge in [-0.15, -0.1) is 11.3 Å². The normalized spacial score (nSPS) is 21.1. The van der Waals surface area contributed by atoms with Gasteiger partial charge in [-0.3, -0.25) is 4.79 Å². The molecule has 1 aliphatic rings. The summed E-state index contributed by atoms with van der Waals surface area (Å²) in [5.74, 6) is -1.17. The Bertz CT molecular complexity index is 595. The third kappa shape index (κ3) is 5.94. The van der Waals surface area contributed by atoms with Gasteiger partial charge >= 0.3 is 7.12 Å². The van der Waals surface area contributed by atoms with Crippen LogP contribution in [0.5, 0.6) is 0 Å². The second-order valence-electron chi connectivity index (χ2n) is 5.30. The van der Waals surface area contributed by atoms with E-state index in [2.05, 4.69) is 10.5 Å². The SMILES string of the molecule is O=C(N[C@H]1CC=C[C@H](CCO)OB1O)/C(=N\OCCO)c1cccs1. The predicted octanol–water partition coefficient (Wildman–Crippen LogP) is -0.307. The lowest BCUT2D eigenvalue weighted by Gasteiger charge is -2.20. The number of thiophene rings is 1. The summed E-state index contributed by atoms with van der Waals surface area (Å²) in [5, 5.41) is 36.2. The molecule has 2 rings (SSSR count). The molecule has 1 aromatic rings. The summed E-state index contributed by atoms with van der Waals surface area (Å²) in [6.07, 6.45) is 3.89. The molecule has 1 aliphatic heterocycles. The monoisotopic (exact) mass is 368 g/mol. The van der Waals surface area contributed by atoms with Crippen molar-refractivity contribution in [3.63, 3.8) is 0 Å². The van der Waals surface area contributed by atoms with Gasteiger partial charge in [0, 0.05) is 6.61 Å². The first-order valence-electron chi connectivity index (χ1n) is 7.92. The van der Waals surface area contributed by atoms with E-state index in [0.717, 1.165) is 0 Å². The van der Waals surface area contributed by atoms with Crippen molar-refractivity contribution < 1.29 is 29.5 Å². The standard InChI is InChI=1S/C15H21BN2O6S/c19-7-6-11-3-1-5-13(16(22)24-11)17-15(21)14(18-23-9-8-20)12-4-2-10-25-12/h1-4,10-11,13,19-20,22H,5-9H2,(H,17,21)/b18-14-/t11-,13+/m1/s1. The van der Waals surface area contributed by atoms with Crippen molar-refractivity contribution in [3.05, 3.63) is 34.5 Å². The summed E-state index contributed by atoms with van der Waals surface area (Å²) in [6, 6.07) is 3.50. The zero-order valence-electron chi connectivity index (χ0n) is 13.6. The van der Waals surface area contributed by atoms with Crippen LogP contribution in [0, 0.1) is 0 Å². The maximum atomic E-state index is 12.6. The van der Waals surface area contributed by atoms with Crippen molar-refractivity contribution in [3.8, 4) is 0 Å². The van der Waals surface area contributed by atoms with Crippen LogP contribution in [0.25, 0.3) is 0 Å². The molecule has 1 aromatic heterocycles. The second-order valence-corrected chi connectivity index (χ2v) is 6.24. The fraction of sp³-hybridized carbons (Fsp3) is 0.467. The van der Waals surface area contributed by atoms with Crippen LogP contribution in [0.3, 0.4) is 0 Å². The Balaban J connectivity index is 2.04. The van der Waals surface area contributed by atoms with E-state index in [1.54, 1.807) is 29.7 Å². The van der Waals surface area contributed by atoms with Gasteiger partial charge in [-0.2, -0.15) is 0 Å². The number of hydrogen-bond donors (Lipinski definition) is 4. The average molecular weight is 368 g/mol. The molecule has 0 saturated heterocycles. The number of carbonyl (C=O) groups excluding carboxylic acids is 1. The van der Waals surface area contributed by atoms with Crippen LogP contribution in [-0.4, -0.2) is 65.8 Å². The molecule has 136 valence electrons. The predicted molar refractivity (Wildman–Crippen MR) is 94.1 cm³/mol. The van der Waals surface area contributed by atoms with Crippen LogP contribution in [0.2, 0.25) is 0 Å². The topological polar surface area (TPSA) is 121 Å². The zero-order chi connectivity index (χ0) is 18.1. The molecule has 0 bridgehead atoms. The minimum absolute atomic E-state index is 0.0249. The Hall–Kier alpha value is -1.72. The summed E-state index contributed by atoms with van der Waals surface area (Å²) in [4.78, 5) is 18.1. The third-order valence-electron chi connectivity index (χ3n) is 3.44. The lowest BCUT2D eigenvalue weighted by molar-refractivity contribution is -0.115. The molecule has 0 unspecified atom stereocenters. The number of aliphatic hydroxyl groups is 2. The molecule has 0 aliphatic carbocycles. The highest BCUT2D eigenvalue weighted by molar-refractivity contribution is 7.13. The van der Waals surface area contributed by atoms with Crippen molar-refractivity contribution in [2.45, 2.75) is 24.9 Å². The molecular formula is C15H21BN2O6S. The largest absolute Gasteiger partial charge is 0.478 e. The molecular weight excluding hydrogens is 347 g/mol. The maximum Gasteiger partial charge on any atom is 0.478 e. The van der Waals surface area contributed by atoms with Gasteiger partial charge in [0.25, 0.3) is 5.91 Å². The first kappa shape index (κ1) is 19.6. The van der Waals surface area contributed by atoms with Crippen molar-refractivity contribution in [1.29, 1.82) is 0 Å². The van der Waals surface area contributed by atoms with Gasteiger partial charge in [-0.05, 0) is 24.3 Å². The quantitative estimate of drug-likeness (QED) is 0.164. The lowest BCUT2D eigenvalue weighted by atomic mass is 9.77. The molecule has 4 N–H and O–H groups in total. The molecule has 25 heavy (non-hydrogen) atoms. The van der Waals surface area contributed by atoms with Gasteiger partial charge < -0.3 is 30.0 Å². The number of nitrogens with zero attached hydrogens (tertiary/aromatic N) is 1.